The lowest BCUT2D eigenvalue weighted by atomic mass is 9.92. The van der Waals surface area contributed by atoms with Crippen LogP contribution in [0, 0.1) is 0 Å². The zero-order valence-corrected chi connectivity index (χ0v) is 13.3. The molecule has 1 aliphatic carbocycles. The van der Waals surface area contributed by atoms with Crippen molar-refractivity contribution < 1.29 is 9.47 Å². The van der Waals surface area contributed by atoms with Crippen molar-refractivity contribution in [3.05, 3.63) is 18.2 Å². The molecule has 1 unspecified atom stereocenters. The van der Waals surface area contributed by atoms with Crippen LogP contribution in [0.1, 0.15) is 32.6 Å². The van der Waals surface area contributed by atoms with Crippen LogP contribution in [0.5, 0.6) is 11.5 Å². The van der Waals surface area contributed by atoms with Crippen LogP contribution in [0.25, 0.3) is 0 Å². The summed E-state index contributed by atoms with van der Waals surface area (Å²) in [4.78, 5) is 2.51. The van der Waals surface area contributed by atoms with Gasteiger partial charge in [-0.2, -0.15) is 0 Å². The van der Waals surface area contributed by atoms with Crippen molar-refractivity contribution >= 4 is 5.69 Å². The van der Waals surface area contributed by atoms with Crippen LogP contribution < -0.4 is 19.7 Å². The molecule has 4 heteroatoms. The molecular weight excluding hydrogens is 264 g/mol. The van der Waals surface area contributed by atoms with E-state index in [-0.39, 0.29) is 0 Å². The third-order valence-corrected chi connectivity index (χ3v) is 5.01. The molecule has 0 aromatic heterocycles. The summed E-state index contributed by atoms with van der Waals surface area (Å²) in [5.74, 6) is 1.71. The quantitative estimate of drug-likeness (QED) is 0.928. The summed E-state index contributed by atoms with van der Waals surface area (Å²) in [5.41, 5.74) is 1.51. The first kappa shape index (κ1) is 14.5. The molecule has 2 aliphatic rings. The van der Waals surface area contributed by atoms with Gasteiger partial charge in [-0.25, -0.2) is 0 Å². The number of piperazine rings is 1. The van der Waals surface area contributed by atoms with Gasteiger partial charge in [0.15, 0.2) is 0 Å². The summed E-state index contributed by atoms with van der Waals surface area (Å²) >= 11 is 0. The summed E-state index contributed by atoms with van der Waals surface area (Å²) < 4.78 is 10.8. The Morgan fingerprint density at radius 2 is 1.71 bits per heavy atom. The van der Waals surface area contributed by atoms with Gasteiger partial charge in [0.05, 0.1) is 14.2 Å². The normalized spacial score (nSPS) is 24.3. The van der Waals surface area contributed by atoms with Gasteiger partial charge in [-0.1, -0.05) is 12.8 Å². The van der Waals surface area contributed by atoms with Gasteiger partial charge in [0, 0.05) is 48.6 Å². The van der Waals surface area contributed by atoms with Crippen LogP contribution in [-0.4, -0.2) is 38.9 Å². The third kappa shape index (κ3) is 2.82. The minimum absolute atomic E-state index is 0.308. The SMILES string of the molecule is COc1cc(OC)cc(N2CC3(CCCC3)NCC2C)c1. The molecule has 1 aromatic carbocycles. The first-order valence-corrected chi connectivity index (χ1v) is 7.90. The van der Waals surface area contributed by atoms with E-state index in [0.29, 0.717) is 11.6 Å². The van der Waals surface area contributed by atoms with E-state index in [1.807, 2.05) is 6.07 Å². The van der Waals surface area contributed by atoms with E-state index >= 15 is 0 Å². The number of nitrogens with zero attached hydrogens (tertiary/aromatic N) is 1. The first-order valence-electron chi connectivity index (χ1n) is 7.90. The maximum absolute atomic E-state index is 5.42. The number of benzene rings is 1. The van der Waals surface area contributed by atoms with E-state index in [2.05, 4.69) is 29.3 Å². The molecule has 0 amide bonds. The molecule has 1 saturated heterocycles. The highest BCUT2D eigenvalue weighted by Crippen LogP contribution is 2.37. The number of anilines is 1. The number of methoxy groups -OCH3 is 2. The Kier molecular flexibility index (Phi) is 3.98. The smallest absolute Gasteiger partial charge is 0.124 e. The zero-order valence-electron chi connectivity index (χ0n) is 13.3. The molecule has 1 aromatic rings. The van der Waals surface area contributed by atoms with Crippen molar-refractivity contribution in [1.82, 2.24) is 5.32 Å². The van der Waals surface area contributed by atoms with Crippen molar-refractivity contribution in [3.63, 3.8) is 0 Å². The number of hydrogen-bond donors (Lipinski definition) is 1. The van der Waals surface area contributed by atoms with Crippen molar-refractivity contribution in [1.29, 1.82) is 0 Å². The van der Waals surface area contributed by atoms with E-state index in [4.69, 9.17) is 9.47 Å². The predicted molar refractivity (Wildman–Crippen MR) is 85.6 cm³/mol. The first-order chi connectivity index (χ1) is 10.2. The number of hydrogen-bond acceptors (Lipinski definition) is 4. The Bertz CT molecular complexity index is 475. The zero-order chi connectivity index (χ0) is 14.9. The van der Waals surface area contributed by atoms with Gasteiger partial charge in [-0.3, -0.25) is 0 Å². The standard InChI is InChI=1S/C17H26N2O2/c1-13-11-18-17(6-4-5-7-17)12-19(13)14-8-15(20-2)10-16(9-14)21-3/h8-10,13,18H,4-7,11-12H2,1-3H3. The Labute approximate surface area is 127 Å². The summed E-state index contributed by atoms with van der Waals surface area (Å²) in [6.45, 7) is 4.39. The van der Waals surface area contributed by atoms with Gasteiger partial charge >= 0.3 is 0 Å². The lowest BCUT2D eigenvalue weighted by molar-refractivity contribution is 0.276. The maximum atomic E-state index is 5.42. The minimum atomic E-state index is 0.308. The van der Waals surface area contributed by atoms with Crippen LogP contribution >= 0.6 is 0 Å². The van der Waals surface area contributed by atoms with Gasteiger partial charge in [0.1, 0.15) is 11.5 Å². The fourth-order valence-corrected chi connectivity index (χ4v) is 3.70. The maximum Gasteiger partial charge on any atom is 0.124 e. The Hall–Kier alpha value is -1.42. The molecule has 0 bridgehead atoms. The van der Waals surface area contributed by atoms with Crippen LogP contribution in [0.15, 0.2) is 18.2 Å². The molecule has 1 saturated carbocycles. The van der Waals surface area contributed by atoms with Crippen molar-refractivity contribution in [2.24, 2.45) is 0 Å². The van der Waals surface area contributed by atoms with Crippen LogP contribution in [-0.2, 0) is 0 Å². The Balaban J connectivity index is 1.89. The molecule has 1 atom stereocenters. The second kappa shape index (κ2) is 5.76. The van der Waals surface area contributed by atoms with E-state index < -0.39 is 0 Å². The van der Waals surface area contributed by atoms with Crippen LogP contribution in [0.2, 0.25) is 0 Å². The van der Waals surface area contributed by atoms with E-state index in [9.17, 15) is 0 Å². The average Bonchev–Trinajstić information content (AvgIpc) is 2.97. The van der Waals surface area contributed by atoms with Gasteiger partial charge in [-0.05, 0) is 19.8 Å². The third-order valence-electron chi connectivity index (χ3n) is 5.01. The molecule has 1 spiro atoms. The molecule has 21 heavy (non-hydrogen) atoms. The summed E-state index contributed by atoms with van der Waals surface area (Å²) in [5, 5.41) is 3.80. The average molecular weight is 290 g/mol. The summed E-state index contributed by atoms with van der Waals surface area (Å²) in [6, 6.07) is 6.65. The minimum Gasteiger partial charge on any atom is -0.497 e. The molecule has 3 rings (SSSR count). The summed E-state index contributed by atoms with van der Waals surface area (Å²) in [7, 11) is 3.41. The van der Waals surface area contributed by atoms with E-state index in [0.717, 1.165) is 24.6 Å². The van der Waals surface area contributed by atoms with Crippen molar-refractivity contribution in [2.45, 2.75) is 44.2 Å². The fraction of sp³-hybridized carbons (Fsp3) is 0.647. The van der Waals surface area contributed by atoms with Crippen LogP contribution in [0.3, 0.4) is 0 Å². The van der Waals surface area contributed by atoms with Crippen molar-refractivity contribution in [3.8, 4) is 11.5 Å². The molecule has 1 N–H and O–H groups in total. The molecule has 4 nitrogen and oxygen atoms in total. The van der Waals surface area contributed by atoms with E-state index in [1.165, 1.54) is 31.4 Å². The predicted octanol–water partition coefficient (Wildman–Crippen LogP) is 2.81. The molecular formula is C17H26N2O2. The highest BCUT2D eigenvalue weighted by molar-refractivity contribution is 5.57. The monoisotopic (exact) mass is 290 g/mol. The lowest BCUT2D eigenvalue weighted by Crippen LogP contribution is -2.62. The molecule has 1 heterocycles. The Morgan fingerprint density at radius 3 is 2.29 bits per heavy atom. The fourth-order valence-electron chi connectivity index (χ4n) is 3.70. The summed E-state index contributed by atoms with van der Waals surface area (Å²) in [6.07, 6.45) is 5.27. The highest BCUT2D eigenvalue weighted by atomic mass is 16.5. The molecule has 0 radical (unpaired) electrons. The second-order valence-electron chi connectivity index (χ2n) is 6.42. The highest BCUT2D eigenvalue weighted by Gasteiger charge is 2.40. The van der Waals surface area contributed by atoms with Crippen LogP contribution in [0.4, 0.5) is 5.69 Å². The molecule has 116 valence electrons. The van der Waals surface area contributed by atoms with Gasteiger partial charge in [0.2, 0.25) is 0 Å². The number of rotatable bonds is 3. The number of ether oxygens (including phenoxy) is 2. The van der Waals surface area contributed by atoms with Gasteiger partial charge in [0.25, 0.3) is 0 Å². The largest absolute Gasteiger partial charge is 0.497 e. The van der Waals surface area contributed by atoms with E-state index in [1.54, 1.807) is 14.2 Å². The second-order valence-corrected chi connectivity index (χ2v) is 6.42. The van der Waals surface area contributed by atoms with Gasteiger partial charge < -0.3 is 19.7 Å². The van der Waals surface area contributed by atoms with Crippen molar-refractivity contribution in [2.75, 3.05) is 32.2 Å². The number of nitrogens with one attached hydrogen (secondary N) is 1. The lowest BCUT2D eigenvalue weighted by Gasteiger charge is -2.46. The topological polar surface area (TPSA) is 33.7 Å². The molecule has 2 fully saturated rings. The molecule has 1 aliphatic heterocycles. The Morgan fingerprint density at radius 1 is 1.10 bits per heavy atom. The van der Waals surface area contributed by atoms with Gasteiger partial charge in [-0.15, -0.1) is 0 Å².